The minimum absolute atomic E-state index is 0. The maximum Gasteiger partial charge on any atom is 0.352 e. The second-order valence-electron chi connectivity index (χ2n) is 8.52. The Balaban J connectivity index is 0.000000695. The zero-order valence-electron chi connectivity index (χ0n) is 25.4. The lowest BCUT2D eigenvalue weighted by Crippen LogP contribution is -2.31. The predicted octanol–water partition coefficient (Wildman–Crippen LogP) is 4.02. The van der Waals surface area contributed by atoms with Crippen molar-refractivity contribution in [2.45, 2.75) is 26.2 Å². The second-order valence-corrected chi connectivity index (χ2v) is 8.52. The molecule has 242 valence electrons. The topological polar surface area (TPSA) is 136 Å². The predicted molar refractivity (Wildman–Crippen MR) is 172 cm³/mol. The van der Waals surface area contributed by atoms with Crippen molar-refractivity contribution < 1.29 is 29.2 Å². The quantitative estimate of drug-likeness (QED) is 0.257. The maximum absolute atomic E-state index is 12.8. The number of pyridine rings is 2. The highest BCUT2D eigenvalue weighted by atomic mass is 35.5. The van der Waals surface area contributed by atoms with Crippen molar-refractivity contribution in [3.63, 3.8) is 0 Å². The summed E-state index contributed by atoms with van der Waals surface area (Å²) in [5.74, 6) is 2.44. The van der Waals surface area contributed by atoms with Crippen molar-refractivity contribution in [2.24, 2.45) is 5.73 Å². The van der Waals surface area contributed by atoms with Crippen LogP contribution in [0.5, 0.6) is 0 Å². The number of rotatable bonds is 7. The van der Waals surface area contributed by atoms with Gasteiger partial charge in [0, 0.05) is 25.2 Å². The molecule has 0 bridgehead atoms. The van der Waals surface area contributed by atoms with E-state index in [0.29, 0.717) is 6.54 Å². The molecule has 4 N–H and O–H groups in total. The highest BCUT2D eigenvalue weighted by molar-refractivity contribution is 5.92. The van der Waals surface area contributed by atoms with Crippen molar-refractivity contribution in [3.05, 3.63) is 140 Å². The number of terminal acetylenes is 2. The molecule has 0 atom stereocenters. The number of hydrogen-bond acceptors (Lipinski definition) is 5. The summed E-state index contributed by atoms with van der Waals surface area (Å²) in [5, 5.41) is 11.4. The number of nitrogens with zero attached hydrogens (tertiary/aromatic N) is 2. The van der Waals surface area contributed by atoms with E-state index in [1.807, 2.05) is 0 Å². The maximum atomic E-state index is 12.8. The van der Waals surface area contributed by atoms with Crippen LogP contribution < -0.4 is 22.2 Å². The number of aromatic carboxylic acids is 1. The average molecular weight is 658 g/mol. The van der Waals surface area contributed by atoms with Crippen molar-refractivity contribution in [1.29, 1.82) is 0 Å². The SMILES string of the molecule is C#CCn1c(C(=O)NCc2ccc(F)cc2)cccc1=O.C#CCn1c(C(=O)O)cccc1=O.Cl.NCc1ccc(F)cc1.[2H]CF. The summed E-state index contributed by atoms with van der Waals surface area (Å²) in [6.45, 7) is 0.707. The first-order valence-corrected chi connectivity index (χ1v) is 12.8. The minimum atomic E-state index is -1.16. The van der Waals surface area contributed by atoms with E-state index in [-0.39, 0.29) is 60.6 Å². The molecule has 0 aliphatic rings. The van der Waals surface area contributed by atoms with E-state index in [1.165, 1.54) is 65.2 Å². The smallest absolute Gasteiger partial charge is 0.352 e. The van der Waals surface area contributed by atoms with Gasteiger partial charge in [-0.15, -0.1) is 25.3 Å². The average Bonchev–Trinajstić information content (AvgIpc) is 3.04. The molecule has 0 fully saturated rings. The van der Waals surface area contributed by atoms with Gasteiger partial charge in [-0.1, -0.05) is 48.2 Å². The summed E-state index contributed by atoms with van der Waals surface area (Å²) in [6.07, 6.45) is 10.2. The number of aromatic nitrogens is 2. The third kappa shape index (κ3) is 13.4. The lowest BCUT2D eigenvalue weighted by Gasteiger charge is -2.10. The van der Waals surface area contributed by atoms with Gasteiger partial charge in [-0.05, 0) is 47.5 Å². The van der Waals surface area contributed by atoms with Gasteiger partial charge >= 0.3 is 5.97 Å². The van der Waals surface area contributed by atoms with Crippen LogP contribution in [0.25, 0.3) is 0 Å². The number of carbonyl (C=O) groups excluding carboxylic acids is 1. The Bertz CT molecular complexity index is 1770. The molecule has 0 aliphatic carbocycles. The van der Waals surface area contributed by atoms with Gasteiger partial charge in [-0.25, -0.2) is 13.6 Å². The van der Waals surface area contributed by atoms with Crippen LogP contribution in [0.3, 0.4) is 0 Å². The molecule has 2 heterocycles. The van der Waals surface area contributed by atoms with Crippen LogP contribution in [-0.4, -0.2) is 33.3 Å². The number of amides is 1. The number of hydrogen-bond donors (Lipinski definition) is 3. The van der Waals surface area contributed by atoms with Crippen molar-refractivity contribution in [1.82, 2.24) is 14.5 Å². The van der Waals surface area contributed by atoms with E-state index < -0.39 is 24.6 Å². The number of carboxylic acids is 1. The van der Waals surface area contributed by atoms with Gasteiger partial charge in [0.25, 0.3) is 17.0 Å². The Hall–Kier alpha value is -5.56. The Morgan fingerprint density at radius 1 is 0.826 bits per heavy atom. The highest BCUT2D eigenvalue weighted by Gasteiger charge is 2.11. The van der Waals surface area contributed by atoms with Crippen LogP contribution in [0.4, 0.5) is 13.2 Å². The number of alkyl halides is 1. The fourth-order valence-electron chi connectivity index (χ4n) is 3.43. The van der Waals surface area contributed by atoms with E-state index in [9.17, 15) is 32.3 Å². The van der Waals surface area contributed by atoms with Crippen LogP contribution in [0, 0.1) is 36.3 Å². The standard InChI is InChI=1S/C16H13FN2O2.C9H7NO3.C7H8FN.CH3F.ClH/c1-2-10-19-14(4-3-5-15(19)20)16(21)18-11-12-6-8-13(17)9-7-12;1-2-6-10-7(9(12)13)4-3-5-8(10)11;8-7-3-1-6(5-9)2-4-7;1-2;/h1,3-9H,10-11H2,(H,18,21);1,3-5H,6H2,(H,12,13);1-4H,5,9H2;1H3;1H/i;;;1D;. The van der Waals surface area contributed by atoms with Crippen LogP contribution in [-0.2, 0) is 26.2 Å². The summed E-state index contributed by atoms with van der Waals surface area (Å²) in [5.41, 5.74) is 6.36. The van der Waals surface area contributed by atoms with Crippen LogP contribution in [0.1, 0.15) is 33.5 Å². The monoisotopic (exact) mass is 657 g/mol. The zero-order valence-corrected chi connectivity index (χ0v) is 25.2. The molecule has 4 rings (SSSR count). The molecule has 4 aromatic rings. The number of halogens is 4. The summed E-state index contributed by atoms with van der Waals surface area (Å²) in [4.78, 5) is 45.6. The van der Waals surface area contributed by atoms with Crippen LogP contribution in [0.2, 0.25) is 0 Å². The van der Waals surface area contributed by atoms with E-state index in [0.717, 1.165) is 15.7 Å². The summed E-state index contributed by atoms with van der Waals surface area (Å²) in [7, 11) is -1.00. The van der Waals surface area contributed by atoms with Gasteiger partial charge in [0.05, 0.1) is 21.6 Å². The van der Waals surface area contributed by atoms with Crippen molar-refractivity contribution >= 4 is 24.3 Å². The number of nitrogens with one attached hydrogen (secondary N) is 1. The normalized spacial score (nSPS) is 9.39. The third-order valence-electron chi connectivity index (χ3n) is 5.57. The lowest BCUT2D eigenvalue weighted by atomic mass is 10.2. The first-order valence-electron chi connectivity index (χ1n) is 13.6. The fraction of sp³-hybridized carbons (Fsp3) is 0.152. The molecule has 0 saturated heterocycles. The molecule has 0 radical (unpaired) electrons. The molecule has 0 spiro atoms. The first-order chi connectivity index (χ1) is 22.0. The Kier molecular flexibility index (Phi) is 18.4. The molecule has 2 aromatic carbocycles. The van der Waals surface area contributed by atoms with Crippen molar-refractivity contribution in [2.75, 3.05) is 7.15 Å². The largest absolute Gasteiger partial charge is 0.477 e. The number of nitrogens with two attached hydrogens (primary N) is 1. The Morgan fingerprint density at radius 3 is 1.65 bits per heavy atom. The third-order valence-corrected chi connectivity index (χ3v) is 5.57. The van der Waals surface area contributed by atoms with Gasteiger partial charge in [-0.2, -0.15) is 0 Å². The summed E-state index contributed by atoms with van der Waals surface area (Å²) >= 11 is 0. The van der Waals surface area contributed by atoms with Gasteiger partial charge in [0.1, 0.15) is 23.0 Å². The molecular formula is C33H32ClF3N4O5. The number of carboxylic acid groups (broad SMARTS) is 1. The molecule has 0 unspecified atom stereocenters. The number of benzene rings is 2. The zero-order chi connectivity index (χ0) is 34.5. The van der Waals surface area contributed by atoms with E-state index in [1.54, 1.807) is 24.3 Å². The second kappa shape index (κ2) is 22.0. The molecule has 0 aliphatic heterocycles. The van der Waals surface area contributed by atoms with E-state index >= 15 is 0 Å². The van der Waals surface area contributed by atoms with Crippen LogP contribution >= 0.6 is 12.4 Å². The van der Waals surface area contributed by atoms with Gasteiger partial charge < -0.3 is 16.2 Å². The van der Waals surface area contributed by atoms with E-state index in [2.05, 4.69) is 17.2 Å². The summed E-state index contributed by atoms with van der Waals surface area (Å²) in [6, 6.07) is 20.3. The molecule has 1 amide bonds. The van der Waals surface area contributed by atoms with E-state index in [4.69, 9.17) is 25.1 Å². The molecule has 9 nitrogen and oxygen atoms in total. The van der Waals surface area contributed by atoms with Crippen molar-refractivity contribution in [3.8, 4) is 24.7 Å². The van der Waals surface area contributed by atoms with Crippen LogP contribution in [0.15, 0.2) is 94.5 Å². The fourth-order valence-corrected chi connectivity index (χ4v) is 3.43. The van der Waals surface area contributed by atoms with Gasteiger partial charge in [0.15, 0.2) is 0 Å². The molecule has 2 aromatic heterocycles. The minimum Gasteiger partial charge on any atom is -0.477 e. The first kappa shape index (κ1) is 38.5. The Labute approximate surface area is 271 Å². The van der Waals surface area contributed by atoms with Gasteiger partial charge in [0.2, 0.25) is 0 Å². The van der Waals surface area contributed by atoms with Gasteiger partial charge in [-0.3, -0.25) is 27.9 Å². The molecule has 13 heteroatoms. The molecule has 46 heavy (non-hydrogen) atoms. The lowest BCUT2D eigenvalue weighted by molar-refractivity contribution is 0.0684. The Morgan fingerprint density at radius 2 is 1.24 bits per heavy atom. The highest BCUT2D eigenvalue weighted by Crippen LogP contribution is 2.04. The number of carbonyl (C=O) groups is 2. The molecular weight excluding hydrogens is 625 g/mol. The molecule has 0 saturated carbocycles. The summed E-state index contributed by atoms with van der Waals surface area (Å²) < 4.78 is 42.7.